The molecule has 0 unspecified atom stereocenters. The van der Waals surface area contributed by atoms with Crippen LogP contribution in [0.4, 0.5) is 11.4 Å². The van der Waals surface area contributed by atoms with E-state index >= 15 is 0 Å². The molecule has 1 aliphatic rings. The topological polar surface area (TPSA) is 67.9 Å². The third-order valence-electron chi connectivity index (χ3n) is 4.71. The summed E-state index contributed by atoms with van der Waals surface area (Å²) in [7, 11) is 0. The first-order valence-electron chi connectivity index (χ1n) is 9.52. The van der Waals surface area contributed by atoms with Gasteiger partial charge in [0, 0.05) is 29.3 Å². The lowest BCUT2D eigenvalue weighted by molar-refractivity contribution is -0.123. The highest BCUT2D eigenvalue weighted by Gasteiger charge is 2.21. The fourth-order valence-electron chi connectivity index (χ4n) is 3.06. The zero-order valence-corrected chi connectivity index (χ0v) is 17.3. The number of thiophene rings is 1. The molecule has 0 bridgehead atoms. The number of nitrogens with zero attached hydrogens (tertiary/aromatic N) is 1. The normalized spacial score (nSPS) is 15.2. The first-order chi connectivity index (χ1) is 13.5. The molecular weight excluding hydrogens is 376 g/mol. The van der Waals surface area contributed by atoms with Crippen molar-refractivity contribution in [3.8, 4) is 0 Å². The van der Waals surface area contributed by atoms with Crippen LogP contribution >= 0.6 is 11.3 Å². The third-order valence-corrected chi connectivity index (χ3v) is 6.07. The van der Waals surface area contributed by atoms with Crippen molar-refractivity contribution in [2.75, 3.05) is 36.5 Å². The predicted molar refractivity (Wildman–Crippen MR) is 111 cm³/mol. The number of esters is 1. The molecule has 1 aliphatic heterocycles. The van der Waals surface area contributed by atoms with Gasteiger partial charge in [-0.25, -0.2) is 4.79 Å². The number of benzene rings is 1. The van der Waals surface area contributed by atoms with E-state index in [1.54, 1.807) is 6.92 Å². The van der Waals surface area contributed by atoms with Gasteiger partial charge in [-0.2, -0.15) is 0 Å². The van der Waals surface area contributed by atoms with Crippen LogP contribution in [0.15, 0.2) is 30.3 Å². The number of aryl methyl sites for hydroxylation is 2. The molecule has 1 amide bonds. The molecule has 1 N–H and O–H groups in total. The first-order valence-corrected chi connectivity index (χ1v) is 10.3. The van der Waals surface area contributed by atoms with Crippen LogP contribution in [0.1, 0.15) is 34.0 Å². The molecule has 28 heavy (non-hydrogen) atoms. The lowest BCUT2D eigenvalue weighted by Gasteiger charge is -2.28. The average Bonchev–Trinajstić information content (AvgIpc) is 3.10. The van der Waals surface area contributed by atoms with Crippen LogP contribution in [-0.2, 0) is 20.7 Å². The molecule has 1 fully saturated rings. The molecule has 7 heteroatoms. The number of morpholine rings is 1. The van der Waals surface area contributed by atoms with Crippen molar-refractivity contribution in [2.45, 2.75) is 33.3 Å². The SMILES string of the molecule is CCc1sc(C(=O)O[C@H](C)C(=O)Nc2ccc(N3CCOCC3)cc2)cc1C. The van der Waals surface area contributed by atoms with E-state index in [2.05, 4.69) is 10.2 Å². The third kappa shape index (κ3) is 4.91. The fraction of sp³-hybridized carbons (Fsp3) is 0.429. The molecule has 3 rings (SSSR count). The molecule has 6 nitrogen and oxygen atoms in total. The molecule has 0 spiro atoms. The minimum atomic E-state index is -0.876. The van der Waals surface area contributed by atoms with E-state index in [-0.39, 0.29) is 5.91 Å². The van der Waals surface area contributed by atoms with Crippen LogP contribution in [0.25, 0.3) is 0 Å². The molecule has 2 heterocycles. The molecule has 0 radical (unpaired) electrons. The van der Waals surface area contributed by atoms with Crippen molar-refractivity contribution in [3.63, 3.8) is 0 Å². The van der Waals surface area contributed by atoms with Gasteiger partial charge in [0.1, 0.15) is 4.88 Å². The van der Waals surface area contributed by atoms with Gasteiger partial charge in [0.25, 0.3) is 5.91 Å². The van der Waals surface area contributed by atoms with E-state index in [0.29, 0.717) is 10.6 Å². The molecule has 0 aliphatic carbocycles. The van der Waals surface area contributed by atoms with Gasteiger partial charge in [0.15, 0.2) is 6.10 Å². The Labute approximate surface area is 169 Å². The zero-order valence-electron chi connectivity index (χ0n) is 16.5. The summed E-state index contributed by atoms with van der Waals surface area (Å²) < 4.78 is 10.7. The van der Waals surface area contributed by atoms with E-state index < -0.39 is 12.1 Å². The number of carbonyl (C=O) groups is 2. The summed E-state index contributed by atoms with van der Waals surface area (Å²) in [5.41, 5.74) is 2.85. The van der Waals surface area contributed by atoms with Crippen LogP contribution in [0.2, 0.25) is 0 Å². The van der Waals surface area contributed by atoms with Crippen molar-refractivity contribution < 1.29 is 19.1 Å². The summed E-state index contributed by atoms with van der Waals surface area (Å²) in [4.78, 5) is 28.6. The van der Waals surface area contributed by atoms with Gasteiger partial charge in [0.05, 0.1) is 13.2 Å². The Balaban J connectivity index is 1.55. The summed E-state index contributed by atoms with van der Waals surface area (Å²) >= 11 is 1.42. The smallest absolute Gasteiger partial charge is 0.349 e. The van der Waals surface area contributed by atoms with Crippen molar-refractivity contribution >= 4 is 34.6 Å². The maximum absolute atomic E-state index is 12.4. The van der Waals surface area contributed by atoms with E-state index in [1.165, 1.54) is 11.3 Å². The highest BCUT2D eigenvalue weighted by atomic mass is 32.1. The van der Waals surface area contributed by atoms with Crippen LogP contribution < -0.4 is 10.2 Å². The summed E-state index contributed by atoms with van der Waals surface area (Å²) in [5.74, 6) is -0.811. The highest BCUT2D eigenvalue weighted by molar-refractivity contribution is 7.14. The van der Waals surface area contributed by atoms with Crippen molar-refractivity contribution in [2.24, 2.45) is 0 Å². The minimum Gasteiger partial charge on any atom is -0.448 e. The number of hydrogen-bond acceptors (Lipinski definition) is 6. The van der Waals surface area contributed by atoms with Crippen LogP contribution in [-0.4, -0.2) is 44.3 Å². The second-order valence-corrected chi connectivity index (χ2v) is 7.89. The maximum Gasteiger partial charge on any atom is 0.349 e. The quantitative estimate of drug-likeness (QED) is 0.747. The Kier molecular flexibility index (Phi) is 6.70. The van der Waals surface area contributed by atoms with Crippen LogP contribution in [0.5, 0.6) is 0 Å². The van der Waals surface area contributed by atoms with Gasteiger partial charge >= 0.3 is 5.97 Å². The lowest BCUT2D eigenvalue weighted by Crippen LogP contribution is -2.36. The summed E-state index contributed by atoms with van der Waals surface area (Å²) in [6.45, 7) is 8.78. The number of hydrogen-bond donors (Lipinski definition) is 1. The number of carbonyl (C=O) groups excluding carboxylic acids is 2. The minimum absolute atomic E-state index is 0.350. The Morgan fingerprint density at radius 2 is 1.93 bits per heavy atom. The van der Waals surface area contributed by atoms with E-state index in [0.717, 1.165) is 48.9 Å². The Morgan fingerprint density at radius 3 is 2.54 bits per heavy atom. The van der Waals surface area contributed by atoms with Gasteiger partial charge in [0.2, 0.25) is 0 Å². The van der Waals surface area contributed by atoms with Crippen LogP contribution in [0, 0.1) is 6.92 Å². The molecule has 1 aromatic carbocycles. The number of rotatable bonds is 6. The van der Waals surface area contributed by atoms with Crippen molar-refractivity contribution in [1.29, 1.82) is 0 Å². The second kappa shape index (κ2) is 9.21. The number of nitrogens with one attached hydrogen (secondary N) is 1. The van der Waals surface area contributed by atoms with Gasteiger partial charge in [-0.1, -0.05) is 6.92 Å². The fourth-order valence-corrected chi connectivity index (χ4v) is 4.06. The molecule has 2 aromatic rings. The molecule has 1 atom stereocenters. The largest absolute Gasteiger partial charge is 0.448 e. The van der Waals surface area contributed by atoms with Gasteiger partial charge in [-0.15, -0.1) is 11.3 Å². The highest BCUT2D eigenvalue weighted by Crippen LogP contribution is 2.24. The van der Waals surface area contributed by atoms with Crippen LogP contribution in [0.3, 0.4) is 0 Å². The Morgan fingerprint density at radius 1 is 1.25 bits per heavy atom. The second-order valence-electron chi connectivity index (χ2n) is 6.75. The molecule has 1 aromatic heterocycles. The standard InChI is InChI=1S/C21H26N2O4S/c1-4-18-14(2)13-19(28-18)21(25)27-15(3)20(24)22-16-5-7-17(8-6-16)23-9-11-26-12-10-23/h5-8,13,15H,4,9-12H2,1-3H3,(H,22,24)/t15-/m1/s1. The molecule has 0 saturated carbocycles. The zero-order chi connectivity index (χ0) is 20.1. The van der Waals surface area contributed by atoms with E-state index in [4.69, 9.17) is 9.47 Å². The van der Waals surface area contributed by atoms with E-state index in [1.807, 2.05) is 44.2 Å². The molecular formula is C21H26N2O4S. The lowest BCUT2D eigenvalue weighted by atomic mass is 10.2. The predicted octanol–water partition coefficient (Wildman–Crippen LogP) is 3.64. The number of amides is 1. The Bertz CT molecular complexity index is 825. The van der Waals surface area contributed by atoms with Crippen molar-refractivity contribution in [3.05, 3.63) is 45.6 Å². The monoisotopic (exact) mass is 402 g/mol. The number of ether oxygens (including phenoxy) is 2. The molecule has 150 valence electrons. The van der Waals surface area contributed by atoms with Gasteiger partial charge in [-0.05, 0) is 56.2 Å². The van der Waals surface area contributed by atoms with Gasteiger partial charge in [-0.3, -0.25) is 4.79 Å². The van der Waals surface area contributed by atoms with E-state index in [9.17, 15) is 9.59 Å². The summed E-state index contributed by atoms with van der Waals surface area (Å²) in [5, 5.41) is 2.80. The Hall–Kier alpha value is -2.38. The summed E-state index contributed by atoms with van der Waals surface area (Å²) in [6.07, 6.45) is -0.000751. The van der Waals surface area contributed by atoms with Crippen molar-refractivity contribution in [1.82, 2.24) is 0 Å². The molecule has 1 saturated heterocycles. The van der Waals surface area contributed by atoms with Gasteiger partial charge < -0.3 is 19.7 Å². The first kappa shape index (κ1) is 20.4. The maximum atomic E-state index is 12.4. The summed E-state index contributed by atoms with van der Waals surface area (Å²) in [6, 6.07) is 9.47. The number of anilines is 2. The average molecular weight is 403 g/mol.